The summed E-state index contributed by atoms with van der Waals surface area (Å²) in [7, 11) is 3.20. The lowest BCUT2D eigenvalue weighted by molar-refractivity contribution is -0.122. The topological polar surface area (TPSA) is 48.0 Å². The third kappa shape index (κ3) is 4.99. The number of rotatable bonds is 8. The van der Waals surface area contributed by atoms with Gasteiger partial charge in [0, 0.05) is 0 Å². The number of amides is 1. The molecule has 1 fully saturated rings. The molecule has 0 atom stereocenters. The Morgan fingerprint density at radius 3 is 2.52 bits per heavy atom. The van der Waals surface area contributed by atoms with Crippen LogP contribution in [0.3, 0.4) is 0 Å². The van der Waals surface area contributed by atoms with Crippen LogP contribution in [0.4, 0.5) is 0 Å². The van der Waals surface area contributed by atoms with E-state index in [1.807, 2.05) is 48.5 Å². The molecule has 1 saturated heterocycles. The molecule has 0 bridgehead atoms. The van der Waals surface area contributed by atoms with Gasteiger partial charge in [-0.1, -0.05) is 54.8 Å². The van der Waals surface area contributed by atoms with Crippen LogP contribution >= 0.6 is 24.0 Å². The van der Waals surface area contributed by atoms with Gasteiger partial charge in [-0.15, -0.1) is 0 Å². The van der Waals surface area contributed by atoms with E-state index in [4.69, 9.17) is 26.4 Å². The minimum atomic E-state index is -0.109. The van der Waals surface area contributed by atoms with Crippen LogP contribution in [0.5, 0.6) is 17.2 Å². The molecule has 0 unspecified atom stereocenters. The largest absolute Gasteiger partial charge is 0.497 e. The van der Waals surface area contributed by atoms with Crippen molar-refractivity contribution >= 4 is 40.3 Å². The van der Waals surface area contributed by atoms with Crippen LogP contribution in [0.15, 0.2) is 60.0 Å². The molecule has 7 heteroatoms. The molecule has 0 saturated carbocycles. The van der Waals surface area contributed by atoms with E-state index in [-0.39, 0.29) is 5.91 Å². The summed E-state index contributed by atoms with van der Waals surface area (Å²) in [5.41, 5.74) is 1.81. The molecule has 1 aliphatic rings. The summed E-state index contributed by atoms with van der Waals surface area (Å²) in [6, 6.07) is 13.1. The highest BCUT2D eigenvalue weighted by Crippen LogP contribution is 2.35. The number of thiocarbonyl (C=S) groups is 1. The van der Waals surface area contributed by atoms with Crippen molar-refractivity contribution in [2.45, 2.75) is 6.54 Å². The molecule has 0 aliphatic carbocycles. The third-order valence-corrected chi connectivity index (χ3v) is 5.59. The molecule has 0 aromatic heterocycles. The standard InChI is InChI=1S/C22H21NO4S2/c1-4-11-27-18-10-7-16(12-19(18)26-3)13-20-21(24)23(22(28)29-20)14-15-5-8-17(25-2)9-6-15/h4-10,12-13H,1,11,14H2,2-3H3/b20-13+. The fourth-order valence-electron chi connectivity index (χ4n) is 2.74. The summed E-state index contributed by atoms with van der Waals surface area (Å²) in [4.78, 5) is 15.0. The van der Waals surface area contributed by atoms with Gasteiger partial charge in [-0.2, -0.15) is 0 Å². The Kier molecular flexibility index (Phi) is 6.95. The van der Waals surface area contributed by atoms with Gasteiger partial charge in [-0.25, -0.2) is 0 Å². The van der Waals surface area contributed by atoms with Crippen molar-refractivity contribution in [2.75, 3.05) is 20.8 Å². The van der Waals surface area contributed by atoms with Gasteiger partial charge in [-0.05, 0) is 41.5 Å². The van der Waals surface area contributed by atoms with Crippen molar-refractivity contribution in [2.24, 2.45) is 0 Å². The van der Waals surface area contributed by atoms with Crippen LogP contribution < -0.4 is 14.2 Å². The fraction of sp³-hybridized carbons (Fsp3) is 0.182. The first-order valence-corrected chi connectivity index (χ1v) is 10.1. The SMILES string of the molecule is C=CCOc1ccc(/C=C2/SC(=S)N(Cc3ccc(OC)cc3)C2=O)cc1OC. The number of ether oxygens (including phenoxy) is 3. The molecule has 2 aromatic carbocycles. The van der Waals surface area contributed by atoms with Gasteiger partial charge >= 0.3 is 0 Å². The molecule has 5 nitrogen and oxygen atoms in total. The van der Waals surface area contributed by atoms with Crippen molar-refractivity contribution < 1.29 is 19.0 Å². The lowest BCUT2D eigenvalue weighted by Gasteiger charge is -2.14. The molecule has 1 heterocycles. The zero-order valence-electron chi connectivity index (χ0n) is 16.2. The van der Waals surface area contributed by atoms with E-state index in [9.17, 15) is 4.79 Å². The summed E-state index contributed by atoms with van der Waals surface area (Å²) in [5.74, 6) is 1.88. The van der Waals surface area contributed by atoms with Gasteiger partial charge in [0.05, 0.1) is 25.7 Å². The minimum absolute atomic E-state index is 0.109. The second-order valence-corrected chi connectivity index (χ2v) is 7.80. The molecular weight excluding hydrogens is 406 g/mol. The van der Waals surface area contributed by atoms with Crippen LogP contribution in [0, 0.1) is 0 Å². The van der Waals surface area contributed by atoms with Crippen LogP contribution in [0.1, 0.15) is 11.1 Å². The molecule has 0 radical (unpaired) electrons. The van der Waals surface area contributed by atoms with E-state index in [0.717, 1.165) is 16.9 Å². The Balaban J connectivity index is 1.77. The van der Waals surface area contributed by atoms with Gasteiger partial charge in [-0.3, -0.25) is 9.69 Å². The van der Waals surface area contributed by atoms with Crippen molar-refractivity contribution in [3.8, 4) is 17.2 Å². The maximum Gasteiger partial charge on any atom is 0.266 e. The van der Waals surface area contributed by atoms with E-state index in [0.29, 0.717) is 33.9 Å². The minimum Gasteiger partial charge on any atom is -0.497 e. The summed E-state index contributed by atoms with van der Waals surface area (Å²) < 4.78 is 16.7. The maximum absolute atomic E-state index is 12.9. The highest BCUT2D eigenvalue weighted by molar-refractivity contribution is 8.26. The maximum atomic E-state index is 12.9. The number of nitrogens with zero attached hydrogens (tertiary/aromatic N) is 1. The third-order valence-electron chi connectivity index (χ3n) is 4.22. The van der Waals surface area contributed by atoms with Crippen LogP contribution in [0.25, 0.3) is 6.08 Å². The first-order valence-electron chi connectivity index (χ1n) is 8.85. The van der Waals surface area contributed by atoms with Gasteiger partial charge < -0.3 is 14.2 Å². The Morgan fingerprint density at radius 2 is 1.86 bits per heavy atom. The summed E-state index contributed by atoms with van der Waals surface area (Å²) in [6.07, 6.45) is 3.48. The van der Waals surface area contributed by atoms with Crippen molar-refractivity contribution in [3.63, 3.8) is 0 Å². The van der Waals surface area contributed by atoms with E-state index in [1.165, 1.54) is 11.8 Å². The molecule has 1 aliphatic heterocycles. The smallest absolute Gasteiger partial charge is 0.266 e. The van der Waals surface area contributed by atoms with Crippen LogP contribution in [-0.2, 0) is 11.3 Å². The Hall–Kier alpha value is -2.77. The first kappa shape index (κ1) is 21.0. The quantitative estimate of drug-likeness (QED) is 0.347. The molecule has 0 spiro atoms. The Labute approximate surface area is 179 Å². The van der Waals surface area contributed by atoms with Gasteiger partial charge in [0.15, 0.2) is 11.5 Å². The van der Waals surface area contributed by atoms with Crippen molar-refractivity contribution in [1.29, 1.82) is 0 Å². The number of carbonyl (C=O) groups is 1. The summed E-state index contributed by atoms with van der Waals surface area (Å²) in [5, 5.41) is 0. The second-order valence-electron chi connectivity index (χ2n) is 6.13. The molecule has 150 valence electrons. The second kappa shape index (κ2) is 9.62. The molecule has 29 heavy (non-hydrogen) atoms. The predicted molar refractivity (Wildman–Crippen MR) is 120 cm³/mol. The lowest BCUT2D eigenvalue weighted by atomic mass is 10.1. The van der Waals surface area contributed by atoms with E-state index in [1.54, 1.807) is 25.2 Å². The number of methoxy groups -OCH3 is 2. The lowest BCUT2D eigenvalue weighted by Crippen LogP contribution is -2.27. The number of carbonyl (C=O) groups excluding carboxylic acids is 1. The molecule has 3 rings (SSSR count). The highest BCUT2D eigenvalue weighted by Gasteiger charge is 2.32. The number of benzene rings is 2. The number of thioether (sulfide) groups is 1. The fourth-order valence-corrected chi connectivity index (χ4v) is 4.00. The zero-order chi connectivity index (χ0) is 20.8. The van der Waals surface area contributed by atoms with E-state index < -0.39 is 0 Å². The Bertz CT molecular complexity index is 954. The number of hydrogen-bond donors (Lipinski definition) is 0. The normalized spacial score (nSPS) is 15.0. The van der Waals surface area contributed by atoms with Gasteiger partial charge in [0.2, 0.25) is 0 Å². The molecule has 2 aromatic rings. The summed E-state index contributed by atoms with van der Waals surface area (Å²) in [6.45, 7) is 4.45. The van der Waals surface area contributed by atoms with E-state index in [2.05, 4.69) is 6.58 Å². The van der Waals surface area contributed by atoms with Crippen LogP contribution in [0.2, 0.25) is 0 Å². The average molecular weight is 428 g/mol. The van der Waals surface area contributed by atoms with Gasteiger partial charge in [0.25, 0.3) is 5.91 Å². The summed E-state index contributed by atoms with van der Waals surface area (Å²) >= 11 is 6.72. The monoisotopic (exact) mass is 427 g/mol. The van der Waals surface area contributed by atoms with Gasteiger partial charge in [0.1, 0.15) is 16.7 Å². The zero-order valence-corrected chi connectivity index (χ0v) is 17.8. The average Bonchev–Trinajstić information content (AvgIpc) is 3.00. The molecular formula is C22H21NO4S2. The Morgan fingerprint density at radius 1 is 1.10 bits per heavy atom. The predicted octanol–water partition coefficient (Wildman–Crippen LogP) is 4.67. The highest BCUT2D eigenvalue weighted by atomic mass is 32.2. The van der Waals surface area contributed by atoms with Crippen molar-refractivity contribution in [1.82, 2.24) is 4.90 Å². The molecule has 0 N–H and O–H groups in total. The molecule has 1 amide bonds. The number of hydrogen-bond acceptors (Lipinski definition) is 6. The van der Waals surface area contributed by atoms with E-state index >= 15 is 0 Å². The first-order chi connectivity index (χ1) is 14.0. The van der Waals surface area contributed by atoms with Crippen LogP contribution in [-0.4, -0.2) is 36.0 Å². The van der Waals surface area contributed by atoms with Crippen molar-refractivity contribution in [3.05, 3.63) is 71.2 Å².